The van der Waals surface area contributed by atoms with Gasteiger partial charge in [0, 0.05) is 25.2 Å². The Bertz CT molecular complexity index is 1050. The number of likely N-dealkylation sites (tertiary alicyclic amines) is 2. The van der Waals surface area contributed by atoms with E-state index in [4.69, 9.17) is 0 Å². The number of piperidine rings is 1. The first-order chi connectivity index (χ1) is 20.9. The zero-order valence-electron chi connectivity index (χ0n) is 30.0. The third-order valence-electron chi connectivity index (χ3n) is 9.28. The Balaban J connectivity index is 2.25. The van der Waals surface area contributed by atoms with Gasteiger partial charge in [-0.05, 0) is 76.7 Å². The monoisotopic (exact) mass is 633 g/mol. The Kier molecular flexibility index (Phi) is 14.6. The van der Waals surface area contributed by atoms with Gasteiger partial charge in [0.1, 0.15) is 12.1 Å². The van der Waals surface area contributed by atoms with E-state index < -0.39 is 23.5 Å². The number of carbonyl (C=O) groups is 4. The standard InChI is InChI=1S/C35H63N5O5/c1-22(2)19-26(21-41)36-31(42)28-16-14-18-40(28)33(44)25(7)20-29(23(3)4)38(11)34(45)30(35(8,9)10)37-32(43)27-15-12-13-17-39(27)24(5)6/h20,22-24,26-30,41H,12-19,21H2,1-11H3,(H,36,42)(H,37,43)/b25-20+/t26?,27?,28-,29+,30+/m0/s1. The highest BCUT2D eigenvalue weighted by atomic mass is 16.3. The number of amides is 4. The van der Waals surface area contributed by atoms with Gasteiger partial charge in [-0.15, -0.1) is 0 Å². The molecule has 3 N–H and O–H groups in total. The minimum Gasteiger partial charge on any atom is -0.394 e. The Hall–Kier alpha value is -2.46. The summed E-state index contributed by atoms with van der Waals surface area (Å²) in [6.07, 6.45) is 6.61. The fourth-order valence-corrected chi connectivity index (χ4v) is 6.72. The van der Waals surface area contributed by atoms with E-state index in [0.29, 0.717) is 30.9 Å². The predicted molar refractivity (Wildman–Crippen MR) is 179 cm³/mol. The van der Waals surface area contributed by atoms with Crippen LogP contribution in [0.25, 0.3) is 0 Å². The van der Waals surface area contributed by atoms with E-state index in [1.165, 1.54) is 0 Å². The average molecular weight is 634 g/mol. The van der Waals surface area contributed by atoms with Crippen molar-refractivity contribution in [3.05, 3.63) is 11.6 Å². The second kappa shape index (κ2) is 16.9. The van der Waals surface area contributed by atoms with Gasteiger partial charge in [0.2, 0.25) is 23.6 Å². The van der Waals surface area contributed by atoms with Crippen molar-refractivity contribution >= 4 is 23.6 Å². The highest BCUT2D eigenvalue weighted by Crippen LogP contribution is 2.27. The average Bonchev–Trinajstić information content (AvgIpc) is 3.46. The summed E-state index contributed by atoms with van der Waals surface area (Å²) in [7, 11) is 1.74. The summed E-state index contributed by atoms with van der Waals surface area (Å²) in [5, 5.41) is 15.8. The van der Waals surface area contributed by atoms with Gasteiger partial charge in [0.15, 0.2) is 0 Å². The zero-order chi connectivity index (χ0) is 34.2. The van der Waals surface area contributed by atoms with E-state index >= 15 is 0 Å². The second-order valence-electron chi connectivity index (χ2n) is 15.4. The first kappa shape index (κ1) is 38.7. The fraction of sp³-hybridized carbons (Fsp3) is 0.829. The normalized spacial score (nSPS) is 22.0. The van der Waals surface area contributed by atoms with E-state index in [2.05, 4.69) is 29.4 Å². The molecule has 4 amide bonds. The van der Waals surface area contributed by atoms with E-state index in [0.717, 1.165) is 32.2 Å². The van der Waals surface area contributed by atoms with Crippen molar-refractivity contribution in [1.82, 2.24) is 25.3 Å². The molecule has 2 aliphatic heterocycles. The third kappa shape index (κ3) is 10.5. The molecule has 0 radical (unpaired) electrons. The number of nitrogens with zero attached hydrogens (tertiary/aromatic N) is 3. The predicted octanol–water partition coefficient (Wildman–Crippen LogP) is 3.72. The van der Waals surface area contributed by atoms with E-state index in [-0.39, 0.29) is 54.3 Å². The van der Waals surface area contributed by atoms with Crippen LogP contribution in [0.4, 0.5) is 0 Å². The summed E-state index contributed by atoms with van der Waals surface area (Å²) in [6.45, 7) is 21.1. The van der Waals surface area contributed by atoms with Gasteiger partial charge in [0.05, 0.1) is 24.7 Å². The number of hydrogen-bond acceptors (Lipinski definition) is 6. The Morgan fingerprint density at radius 1 is 0.911 bits per heavy atom. The van der Waals surface area contributed by atoms with Crippen molar-refractivity contribution in [2.24, 2.45) is 17.3 Å². The molecule has 0 spiro atoms. The molecule has 0 aliphatic carbocycles. The number of carbonyl (C=O) groups excluding carboxylic acids is 4. The molecule has 10 nitrogen and oxygen atoms in total. The Morgan fingerprint density at radius 3 is 2.04 bits per heavy atom. The molecule has 2 fully saturated rings. The number of hydrogen-bond donors (Lipinski definition) is 3. The summed E-state index contributed by atoms with van der Waals surface area (Å²) in [5.41, 5.74) is -0.0629. The van der Waals surface area contributed by atoms with E-state index in [1.54, 1.807) is 23.8 Å². The summed E-state index contributed by atoms with van der Waals surface area (Å²) < 4.78 is 0. The van der Waals surface area contributed by atoms with Crippen LogP contribution in [0.1, 0.15) is 108 Å². The van der Waals surface area contributed by atoms with Gasteiger partial charge in [-0.2, -0.15) is 0 Å². The Labute approximate surface area is 272 Å². The number of aliphatic hydroxyl groups is 1. The highest BCUT2D eigenvalue weighted by molar-refractivity contribution is 5.97. The van der Waals surface area contributed by atoms with Gasteiger partial charge in [-0.3, -0.25) is 24.1 Å². The van der Waals surface area contributed by atoms with Crippen LogP contribution in [-0.2, 0) is 19.2 Å². The number of nitrogens with one attached hydrogen (secondary N) is 2. The van der Waals surface area contributed by atoms with Crippen molar-refractivity contribution in [3.63, 3.8) is 0 Å². The first-order valence-corrected chi connectivity index (χ1v) is 17.1. The molecule has 0 aromatic heterocycles. The molecular weight excluding hydrogens is 570 g/mol. The molecule has 45 heavy (non-hydrogen) atoms. The lowest BCUT2D eigenvalue weighted by Gasteiger charge is -2.41. The molecule has 5 atom stereocenters. The molecule has 0 aromatic rings. The fourth-order valence-electron chi connectivity index (χ4n) is 6.72. The number of rotatable bonds is 13. The smallest absolute Gasteiger partial charge is 0.249 e. The van der Waals surface area contributed by atoms with Gasteiger partial charge < -0.3 is 25.5 Å². The lowest BCUT2D eigenvalue weighted by atomic mass is 9.84. The third-order valence-corrected chi connectivity index (χ3v) is 9.28. The van der Waals surface area contributed by atoms with Crippen molar-refractivity contribution in [2.75, 3.05) is 26.7 Å². The molecule has 2 rings (SSSR count). The first-order valence-electron chi connectivity index (χ1n) is 17.1. The summed E-state index contributed by atoms with van der Waals surface area (Å²) in [5.74, 6) is -0.462. The van der Waals surface area contributed by atoms with Crippen molar-refractivity contribution < 1.29 is 24.3 Å². The van der Waals surface area contributed by atoms with Gasteiger partial charge in [-0.25, -0.2) is 0 Å². The molecule has 2 unspecified atom stereocenters. The Morgan fingerprint density at radius 2 is 1.51 bits per heavy atom. The maximum atomic E-state index is 14.1. The minimum absolute atomic E-state index is 0.00758. The minimum atomic E-state index is -0.742. The SMILES string of the molecule is C/C(=C\[C@H](C(C)C)N(C)C(=O)[C@@H](NC(=O)C1CCCCN1C(C)C)C(C)(C)C)C(=O)N1CCC[C@H]1C(=O)NC(CO)CC(C)C. The molecule has 2 heterocycles. The molecule has 0 bridgehead atoms. The number of aliphatic hydroxyl groups excluding tert-OH is 1. The molecule has 2 saturated heterocycles. The van der Waals surface area contributed by atoms with Crippen molar-refractivity contribution in [2.45, 2.75) is 144 Å². The van der Waals surface area contributed by atoms with Gasteiger partial charge in [0.25, 0.3) is 0 Å². The largest absolute Gasteiger partial charge is 0.394 e. The van der Waals surface area contributed by atoms with Crippen molar-refractivity contribution in [1.29, 1.82) is 0 Å². The molecule has 258 valence electrons. The van der Waals surface area contributed by atoms with Crippen molar-refractivity contribution in [3.8, 4) is 0 Å². The summed E-state index contributed by atoms with van der Waals surface area (Å²) >= 11 is 0. The summed E-state index contributed by atoms with van der Waals surface area (Å²) in [4.78, 5) is 60.1. The van der Waals surface area contributed by atoms with Crippen LogP contribution in [0.3, 0.4) is 0 Å². The van der Waals surface area contributed by atoms with Crippen LogP contribution in [0, 0.1) is 17.3 Å². The number of likely N-dealkylation sites (N-methyl/N-ethyl adjacent to an activating group) is 1. The van der Waals surface area contributed by atoms with E-state index in [9.17, 15) is 24.3 Å². The van der Waals surface area contributed by atoms with Crippen LogP contribution in [-0.4, -0.2) is 106 Å². The molecule has 0 aromatic carbocycles. The van der Waals surface area contributed by atoms with Gasteiger partial charge >= 0.3 is 0 Å². The van der Waals surface area contributed by atoms with Crippen LogP contribution >= 0.6 is 0 Å². The molecule has 10 heteroatoms. The molecule has 0 saturated carbocycles. The van der Waals surface area contributed by atoms with E-state index in [1.807, 2.05) is 54.5 Å². The summed E-state index contributed by atoms with van der Waals surface area (Å²) in [6, 6.07) is -2.10. The van der Waals surface area contributed by atoms with Crippen LogP contribution in [0.5, 0.6) is 0 Å². The van der Waals surface area contributed by atoms with Crippen LogP contribution < -0.4 is 10.6 Å². The topological polar surface area (TPSA) is 122 Å². The molecular formula is C35H63N5O5. The zero-order valence-corrected chi connectivity index (χ0v) is 30.0. The maximum Gasteiger partial charge on any atom is 0.249 e. The van der Waals surface area contributed by atoms with Crippen LogP contribution in [0.2, 0.25) is 0 Å². The lowest BCUT2D eigenvalue weighted by molar-refractivity contribution is -0.142. The van der Waals surface area contributed by atoms with Crippen LogP contribution in [0.15, 0.2) is 11.6 Å². The lowest BCUT2D eigenvalue weighted by Crippen LogP contribution is -2.60. The highest BCUT2D eigenvalue weighted by Gasteiger charge is 2.40. The molecule has 2 aliphatic rings. The van der Waals surface area contributed by atoms with Gasteiger partial charge in [-0.1, -0.05) is 61.0 Å². The second-order valence-corrected chi connectivity index (χ2v) is 15.4. The maximum absolute atomic E-state index is 14.1. The quantitative estimate of drug-likeness (QED) is 0.266.